The van der Waals surface area contributed by atoms with E-state index in [1.54, 1.807) is 11.9 Å². The third-order valence-corrected chi connectivity index (χ3v) is 4.06. The Labute approximate surface area is 121 Å². The lowest BCUT2D eigenvalue weighted by Gasteiger charge is -2.16. The summed E-state index contributed by atoms with van der Waals surface area (Å²) in [6.07, 6.45) is 0.322. The summed E-state index contributed by atoms with van der Waals surface area (Å²) in [6.45, 7) is 0.572. The maximum absolute atomic E-state index is 12.1. The Bertz CT molecular complexity index is 582. The van der Waals surface area contributed by atoms with E-state index in [4.69, 9.17) is 17.3 Å². The van der Waals surface area contributed by atoms with Crippen molar-refractivity contribution >= 4 is 34.5 Å². The SMILES string of the molecule is CN(Cc1ccc(Cl)s1)C(=O)Cc1ccccc1N. The molecule has 0 radical (unpaired) electrons. The van der Waals surface area contributed by atoms with Gasteiger partial charge in [-0.05, 0) is 23.8 Å². The molecule has 0 aliphatic carbocycles. The van der Waals surface area contributed by atoms with Gasteiger partial charge in [0, 0.05) is 17.6 Å². The first kappa shape index (κ1) is 13.9. The van der Waals surface area contributed by atoms with Gasteiger partial charge >= 0.3 is 0 Å². The van der Waals surface area contributed by atoms with Crippen LogP contribution in [-0.4, -0.2) is 17.9 Å². The molecule has 0 unspecified atom stereocenters. The molecule has 1 aromatic heterocycles. The largest absolute Gasteiger partial charge is 0.398 e. The molecule has 0 bridgehead atoms. The van der Waals surface area contributed by atoms with Crippen molar-refractivity contribution in [2.24, 2.45) is 0 Å². The molecule has 3 nitrogen and oxygen atoms in total. The minimum Gasteiger partial charge on any atom is -0.398 e. The Morgan fingerprint density at radius 1 is 1.32 bits per heavy atom. The molecule has 5 heteroatoms. The predicted molar refractivity (Wildman–Crippen MR) is 80.4 cm³/mol. The molecule has 0 saturated carbocycles. The van der Waals surface area contributed by atoms with Crippen LogP contribution in [0, 0.1) is 0 Å². The second kappa shape index (κ2) is 6.08. The minimum atomic E-state index is 0.0439. The molecule has 2 rings (SSSR count). The Kier molecular flexibility index (Phi) is 4.45. The summed E-state index contributed by atoms with van der Waals surface area (Å²) in [5, 5.41) is 0. The van der Waals surface area contributed by atoms with E-state index in [0.717, 1.165) is 14.8 Å². The van der Waals surface area contributed by atoms with Crippen LogP contribution in [0.2, 0.25) is 4.34 Å². The number of benzene rings is 1. The molecule has 19 heavy (non-hydrogen) atoms. The third-order valence-electron chi connectivity index (χ3n) is 2.84. The molecule has 1 aromatic carbocycles. The van der Waals surface area contributed by atoms with Crippen molar-refractivity contribution < 1.29 is 4.79 Å². The van der Waals surface area contributed by atoms with E-state index in [-0.39, 0.29) is 5.91 Å². The number of hydrogen-bond acceptors (Lipinski definition) is 3. The highest BCUT2D eigenvalue weighted by molar-refractivity contribution is 7.16. The lowest BCUT2D eigenvalue weighted by atomic mass is 10.1. The van der Waals surface area contributed by atoms with Crippen LogP contribution in [0.1, 0.15) is 10.4 Å². The van der Waals surface area contributed by atoms with Gasteiger partial charge in [-0.15, -0.1) is 11.3 Å². The van der Waals surface area contributed by atoms with Crippen LogP contribution in [0.3, 0.4) is 0 Å². The number of amides is 1. The molecule has 100 valence electrons. The van der Waals surface area contributed by atoms with Crippen molar-refractivity contribution in [1.82, 2.24) is 4.90 Å². The highest BCUT2D eigenvalue weighted by Gasteiger charge is 2.12. The van der Waals surface area contributed by atoms with Gasteiger partial charge in [0.2, 0.25) is 5.91 Å². The molecule has 0 saturated heterocycles. The van der Waals surface area contributed by atoms with E-state index in [1.165, 1.54) is 11.3 Å². The number of halogens is 1. The van der Waals surface area contributed by atoms with Crippen molar-refractivity contribution in [3.63, 3.8) is 0 Å². The average Bonchev–Trinajstić information content (AvgIpc) is 2.77. The number of likely N-dealkylation sites (N-methyl/N-ethyl adjacent to an activating group) is 1. The quantitative estimate of drug-likeness (QED) is 0.880. The van der Waals surface area contributed by atoms with E-state index in [0.29, 0.717) is 18.7 Å². The zero-order valence-electron chi connectivity index (χ0n) is 10.6. The smallest absolute Gasteiger partial charge is 0.227 e. The summed E-state index contributed by atoms with van der Waals surface area (Å²) < 4.78 is 0.739. The van der Waals surface area contributed by atoms with E-state index >= 15 is 0 Å². The maximum atomic E-state index is 12.1. The number of carbonyl (C=O) groups is 1. The van der Waals surface area contributed by atoms with Crippen molar-refractivity contribution in [2.75, 3.05) is 12.8 Å². The molecule has 0 spiro atoms. The Hall–Kier alpha value is -1.52. The molecule has 0 fully saturated rings. The van der Waals surface area contributed by atoms with Gasteiger partial charge in [-0.25, -0.2) is 0 Å². The Balaban J connectivity index is 1.98. The van der Waals surface area contributed by atoms with Gasteiger partial charge in [0.1, 0.15) is 0 Å². The summed E-state index contributed by atoms with van der Waals surface area (Å²) in [6, 6.07) is 11.2. The molecular formula is C14H15ClN2OS. The molecule has 0 atom stereocenters. The summed E-state index contributed by atoms with van der Waals surface area (Å²) in [4.78, 5) is 14.9. The van der Waals surface area contributed by atoms with Crippen LogP contribution in [0.5, 0.6) is 0 Å². The third kappa shape index (κ3) is 3.72. The topological polar surface area (TPSA) is 46.3 Å². The van der Waals surface area contributed by atoms with E-state index in [2.05, 4.69) is 0 Å². The first-order chi connectivity index (χ1) is 9.06. The normalized spacial score (nSPS) is 10.4. The fourth-order valence-electron chi connectivity index (χ4n) is 1.75. The number of nitrogens with zero attached hydrogens (tertiary/aromatic N) is 1. The maximum Gasteiger partial charge on any atom is 0.227 e. The summed E-state index contributed by atoms with van der Waals surface area (Å²) >= 11 is 7.36. The standard InChI is InChI=1S/C14H15ClN2OS/c1-17(9-11-6-7-13(15)19-11)14(18)8-10-4-2-3-5-12(10)16/h2-7H,8-9,16H2,1H3. The molecule has 1 amide bonds. The van der Waals surface area contributed by atoms with Gasteiger partial charge in [0.05, 0.1) is 17.3 Å². The first-order valence-corrected chi connectivity index (χ1v) is 7.07. The van der Waals surface area contributed by atoms with Crippen LogP contribution in [0.25, 0.3) is 0 Å². The minimum absolute atomic E-state index is 0.0439. The number of carbonyl (C=O) groups excluding carboxylic acids is 1. The number of hydrogen-bond donors (Lipinski definition) is 1. The predicted octanol–water partition coefficient (Wildman–Crippen LogP) is 3.18. The second-order valence-corrected chi connectivity index (χ2v) is 6.13. The number of anilines is 1. The first-order valence-electron chi connectivity index (χ1n) is 5.88. The zero-order chi connectivity index (χ0) is 13.8. The van der Waals surface area contributed by atoms with Crippen LogP contribution in [-0.2, 0) is 17.8 Å². The van der Waals surface area contributed by atoms with E-state index in [9.17, 15) is 4.79 Å². The fourth-order valence-corrected chi connectivity index (χ4v) is 2.89. The molecule has 0 aliphatic rings. The lowest BCUT2D eigenvalue weighted by Crippen LogP contribution is -2.27. The molecule has 2 aromatic rings. The number of nitrogens with two attached hydrogens (primary N) is 1. The van der Waals surface area contributed by atoms with Gasteiger partial charge in [0.25, 0.3) is 0 Å². The number of thiophene rings is 1. The van der Waals surface area contributed by atoms with Crippen LogP contribution in [0.15, 0.2) is 36.4 Å². The van der Waals surface area contributed by atoms with Crippen molar-refractivity contribution in [3.8, 4) is 0 Å². The van der Waals surface area contributed by atoms with Crippen molar-refractivity contribution in [2.45, 2.75) is 13.0 Å². The van der Waals surface area contributed by atoms with Crippen molar-refractivity contribution in [1.29, 1.82) is 0 Å². The Morgan fingerprint density at radius 3 is 2.68 bits per heavy atom. The molecular weight excluding hydrogens is 280 g/mol. The highest BCUT2D eigenvalue weighted by atomic mass is 35.5. The fraction of sp³-hybridized carbons (Fsp3) is 0.214. The summed E-state index contributed by atoms with van der Waals surface area (Å²) in [7, 11) is 1.79. The van der Waals surface area contributed by atoms with Gasteiger partial charge < -0.3 is 10.6 Å². The molecule has 1 heterocycles. The monoisotopic (exact) mass is 294 g/mol. The molecule has 0 aliphatic heterocycles. The summed E-state index contributed by atoms with van der Waals surface area (Å²) in [5.74, 6) is 0.0439. The van der Waals surface area contributed by atoms with Crippen LogP contribution < -0.4 is 5.73 Å². The second-order valence-electron chi connectivity index (χ2n) is 4.33. The lowest BCUT2D eigenvalue weighted by molar-refractivity contribution is -0.129. The van der Waals surface area contributed by atoms with E-state index in [1.807, 2.05) is 36.4 Å². The number of rotatable bonds is 4. The Morgan fingerprint density at radius 2 is 2.05 bits per heavy atom. The van der Waals surface area contributed by atoms with Gasteiger partial charge in [-0.3, -0.25) is 4.79 Å². The highest BCUT2D eigenvalue weighted by Crippen LogP contribution is 2.22. The number of para-hydroxylation sites is 1. The van der Waals surface area contributed by atoms with Gasteiger partial charge in [-0.2, -0.15) is 0 Å². The number of nitrogen functional groups attached to an aromatic ring is 1. The summed E-state index contributed by atoms with van der Waals surface area (Å²) in [5.41, 5.74) is 7.36. The van der Waals surface area contributed by atoms with Crippen LogP contribution >= 0.6 is 22.9 Å². The average molecular weight is 295 g/mol. The van der Waals surface area contributed by atoms with Crippen molar-refractivity contribution in [3.05, 3.63) is 51.2 Å². The van der Waals surface area contributed by atoms with Crippen LogP contribution in [0.4, 0.5) is 5.69 Å². The van der Waals surface area contributed by atoms with Gasteiger partial charge in [0.15, 0.2) is 0 Å². The molecule has 2 N–H and O–H groups in total. The van der Waals surface area contributed by atoms with E-state index < -0.39 is 0 Å². The van der Waals surface area contributed by atoms with Gasteiger partial charge in [-0.1, -0.05) is 29.8 Å². The zero-order valence-corrected chi connectivity index (χ0v) is 12.2.